The van der Waals surface area contributed by atoms with Gasteiger partial charge < -0.3 is 5.32 Å². The first-order valence-corrected chi connectivity index (χ1v) is 8.71. The van der Waals surface area contributed by atoms with E-state index in [1.807, 2.05) is 12.1 Å². The maximum absolute atomic E-state index is 12.7. The lowest BCUT2D eigenvalue weighted by Gasteiger charge is -2.34. The van der Waals surface area contributed by atoms with Crippen molar-refractivity contribution in [1.29, 1.82) is 0 Å². The molecule has 1 aliphatic rings. The molecule has 0 unspecified atom stereocenters. The van der Waals surface area contributed by atoms with Gasteiger partial charge in [-0.05, 0) is 35.2 Å². The Morgan fingerprint density at radius 3 is 1.88 bits per heavy atom. The summed E-state index contributed by atoms with van der Waals surface area (Å²) in [5.74, 6) is 0. The second-order valence-electron chi connectivity index (χ2n) is 6.41. The zero-order valence-corrected chi connectivity index (χ0v) is 15.5. The summed E-state index contributed by atoms with van der Waals surface area (Å²) in [6.07, 6.45) is -3.25. The molecule has 142 valence electrons. The van der Waals surface area contributed by atoms with Crippen LogP contribution in [0.25, 0.3) is 11.1 Å². The SMILES string of the molecule is CC[C@@H](c1ccc(-c2ccc(C(F)(F)F)cc2)cc1)N1CCNCC1.Cl. The number of piperazine rings is 1. The largest absolute Gasteiger partial charge is 0.416 e. The third-order valence-electron chi connectivity index (χ3n) is 4.82. The van der Waals surface area contributed by atoms with Gasteiger partial charge in [0, 0.05) is 32.2 Å². The molecule has 0 radical (unpaired) electrons. The molecule has 6 heteroatoms. The monoisotopic (exact) mass is 384 g/mol. The van der Waals surface area contributed by atoms with Crippen LogP contribution in [0.15, 0.2) is 48.5 Å². The van der Waals surface area contributed by atoms with Crippen molar-refractivity contribution < 1.29 is 13.2 Å². The molecule has 1 aliphatic heterocycles. The summed E-state index contributed by atoms with van der Waals surface area (Å²) in [4.78, 5) is 2.49. The fourth-order valence-electron chi connectivity index (χ4n) is 3.45. The Morgan fingerprint density at radius 2 is 1.42 bits per heavy atom. The smallest absolute Gasteiger partial charge is 0.314 e. The first-order chi connectivity index (χ1) is 12.0. The summed E-state index contributed by atoms with van der Waals surface area (Å²) in [7, 11) is 0. The van der Waals surface area contributed by atoms with Crippen molar-refractivity contribution in [3.8, 4) is 11.1 Å². The minimum absolute atomic E-state index is 0. The molecule has 2 aromatic rings. The van der Waals surface area contributed by atoms with Gasteiger partial charge in [-0.3, -0.25) is 4.90 Å². The van der Waals surface area contributed by atoms with Crippen LogP contribution in [0.1, 0.15) is 30.5 Å². The number of hydrogen-bond acceptors (Lipinski definition) is 2. The van der Waals surface area contributed by atoms with Gasteiger partial charge in [0.1, 0.15) is 0 Å². The zero-order chi connectivity index (χ0) is 17.9. The summed E-state index contributed by atoms with van der Waals surface area (Å²) in [6.45, 7) is 6.30. The Hall–Kier alpha value is -1.56. The van der Waals surface area contributed by atoms with E-state index < -0.39 is 11.7 Å². The highest BCUT2D eigenvalue weighted by Crippen LogP contribution is 2.32. The van der Waals surface area contributed by atoms with Gasteiger partial charge in [-0.25, -0.2) is 0 Å². The van der Waals surface area contributed by atoms with E-state index in [0.717, 1.165) is 55.9 Å². The molecule has 0 aromatic heterocycles. The zero-order valence-electron chi connectivity index (χ0n) is 14.7. The van der Waals surface area contributed by atoms with Crippen LogP contribution in [0, 0.1) is 0 Å². The van der Waals surface area contributed by atoms with Crippen LogP contribution < -0.4 is 5.32 Å². The number of rotatable bonds is 4. The normalized spacial score (nSPS) is 16.8. The van der Waals surface area contributed by atoms with Crippen molar-refractivity contribution in [2.75, 3.05) is 26.2 Å². The molecule has 1 N–H and O–H groups in total. The standard InChI is InChI=1S/C20H23F3N2.ClH/c1-2-19(25-13-11-24-12-14-25)17-5-3-15(4-6-17)16-7-9-18(10-8-16)20(21,22)23;/h3-10,19,24H,2,11-14H2,1H3;1H/t19-;/m0./s1. The Bertz CT molecular complexity index is 678. The molecule has 1 fully saturated rings. The quantitative estimate of drug-likeness (QED) is 0.784. The number of halogens is 4. The number of nitrogens with one attached hydrogen (secondary N) is 1. The van der Waals surface area contributed by atoms with E-state index in [1.165, 1.54) is 17.7 Å². The van der Waals surface area contributed by atoms with Crippen molar-refractivity contribution in [2.45, 2.75) is 25.6 Å². The Labute approximate surface area is 158 Å². The fraction of sp³-hybridized carbons (Fsp3) is 0.400. The molecule has 0 amide bonds. The van der Waals surface area contributed by atoms with Crippen LogP contribution in [0.3, 0.4) is 0 Å². The topological polar surface area (TPSA) is 15.3 Å². The molecular weight excluding hydrogens is 361 g/mol. The van der Waals surface area contributed by atoms with Gasteiger partial charge in [-0.1, -0.05) is 43.3 Å². The van der Waals surface area contributed by atoms with Crippen molar-refractivity contribution in [3.63, 3.8) is 0 Å². The number of hydrogen-bond donors (Lipinski definition) is 1. The van der Waals surface area contributed by atoms with E-state index in [1.54, 1.807) is 0 Å². The molecular formula is C20H24ClF3N2. The summed E-state index contributed by atoms with van der Waals surface area (Å²) >= 11 is 0. The minimum Gasteiger partial charge on any atom is -0.314 e. The first-order valence-electron chi connectivity index (χ1n) is 8.71. The van der Waals surface area contributed by atoms with Crippen molar-refractivity contribution in [1.82, 2.24) is 10.2 Å². The predicted molar refractivity (Wildman–Crippen MR) is 102 cm³/mol. The second-order valence-corrected chi connectivity index (χ2v) is 6.41. The van der Waals surface area contributed by atoms with Crippen molar-refractivity contribution >= 4 is 12.4 Å². The molecule has 0 aliphatic carbocycles. The van der Waals surface area contributed by atoms with Crippen LogP contribution in [0.4, 0.5) is 13.2 Å². The van der Waals surface area contributed by atoms with Gasteiger partial charge in [0.2, 0.25) is 0 Å². The van der Waals surface area contributed by atoms with E-state index in [-0.39, 0.29) is 12.4 Å². The van der Waals surface area contributed by atoms with Gasteiger partial charge in [-0.15, -0.1) is 12.4 Å². The van der Waals surface area contributed by atoms with Crippen LogP contribution in [0.5, 0.6) is 0 Å². The van der Waals surface area contributed by atoms with Gasteiger partial charge in [0.15, 0.2) is 0 Å². The maximum Gasteiger partial charge on any atom is 0.416 e. The van der Waals surface area contributed by atoms with Crippen molar-refractivity contribution in [2.24, 2.45) is 0 Å². The number of alkyl halides is 3. The Morgan fingerprint density at radius 1 is 0.923 bits per heavy atom. The maximum atomic E-state index is 12.7. The van der Waals surface area contributed by atoms with E-state index in [9.17, 15) is 13.2 Å². The molecule has 0 spiro atoms. The lowest BCUT2D eigenvalue weighted by molar-refractivity contribution is -0.137. The van der Waals surface area contributed by atoms with Crippen molar-refractivity contribution in [3.05, 3.63) is 59.7 Å². The third kappa shape index (κ3) is 4.78. The number of benzene rings is 2. The summed E-state index contributed by atoms with van der Waals surface area (Å²) < 4.78 is 38.0. The molecule has 2 aromatic carbocycles. The number of nitrogens with zero attached hydrogens (tertiary/aromatic N) is 1. The molecule has 26 heavy (non-hydrogen) atoms. The lowest BCUT2D eigenvalue weighted by Crippen LogP contribution is -2.45. The molecule has 1 atom stereocenters. The molecule has 2 nitrogen and oxygen atoms in total. The van der Waals surface area contributed by atoms with Crippen LogP contribution in [0.2, 0.25) is 0 Å². The molecule has 0 bridgehead atoms. The molecule has 1 heterocycles. The predicted octanol–water partition coefficient (Wildman–Crippen LogP) is 5.15. The molecule has 1 saturated heterocycles. The minimum atomic E-state index is -4.29. The molecule has 3 rings (SSSR count). The highest BCUT2D eigenvalue weighted by Gasteiger charge is 2.30. The summed E-state index contributed by atoms with van der Waals surface area (Å²) in [5, 5.41) is 3.37. The Balaban J connectivity index is 0.00000243. The first kappa shape index (κ1) is 20.7. The van der Waals surface area contributed by atoms with E-state index >= 15 is 0 Å². The summed E-state index contributed by atoms with van der Waals surface area (Å²) in [5.41, 5.74) is 2.39. The van der Waals surface area contributed by atoms with Gasteiger partial charge in [0.05, 0.1) is 5.56 Å². The second kappa shape index (κ2) is 8.89. The summed E-state index contributed by atoms with van der Waals surface area (Å²) in [6, 6.07) is 13.9. The van der Waals surface area contributed by atoms with Gasteiger partial charge >= 0.3 is 6.18 Å². The van der Waals surface area contributed by atoms with Gasteiger partial charge in [-0.2, -0.15) is 13.2 Å². The van der Waals surface area contributed by atoms with Crippen LogP contribution in [-0.4, -0.2) is 31.1 Å². The van der Waals surface area contributed by atoms with E-state index in [2.05, 4.69) is 29.3 Å². The lowest BCUT2D eigenvalue weighted by atomic mass is 9.97. The average molecular weight is 385 g/mol. The average Bonchev–Trinajstić information content (AvgIpc) is 2.63. The third-order valence-corrected chi connectivity index (χ3v) is 4.82. The van der Waals surface area contributed by atoms with Crippen LogP contribution >= 0.6 is 12.4 Å². The van der Waals surface area contributed by atoms with Gasteiger partial charge in [0.25, 0.3) is 0 Å². The van der Waals surface area contributed by atoms with E-state index in [0.29, 0.717) is 6.04 Å². The van der Waals surface area contributed by atoms with Crippen LogP contribution in [-0.2, 0) is 6.18 Å². The fourth-order valence-corrected chi connectivity index (χ4v) is 3.45. The highest BCUT2D eigenvalue weighted by molar-refractivity contribution is 5.85. The molecule has 0 saturated carbocycles. The van der Waals surface area contributed by atoms with E-state index in [4.69, 9.17) is 0 Å². The Kier molecular flexibility index (Phi) is 7.09. The highest BCUT2D eigenvalue weighted by atomic mass is 35.5.